The summed E-state index contributed by atoms with van der Waals surface area (Å²) in [4.78, 5) is 15.5. The number of carbonyl (C=O) groups is 1. The summed E-state index contributed by atoms with van der Waals surface area (Å²) < 4.78 is 34.9. The predicted molar refractivity (Wildman–Crippen MR) is 136 cm³/mol. The molecule has 2 aliphatic rings. The van der Waals surface area contributed by atoms with Crippen molar-refractivity contribution in [3.05, 3.63) is 59.5 Å². The molecule has 0 N–H and O–H groups in total. The molecule has 3 aromatic rings. The molecule has 5 rings (SSSR count). The van der Waals surface area contributed by atoms with Gasteiger partial charge in [-0.05, 0) is 51.0 Å². The lowest BCUT2D eigenvalue weighted by atomic mass is 9.91. The van der Waals surface area contributed by atoms with Crippen LogP contribution in [0, 0.1) is 25.7 Å². The van der Waals surface area contributed by atoms with E-state index >= 15 is 0 Å². The molecule has 2 aliphatic heterocycles. The van der Waals surface area contributed by atoms with Gasteiger partial charge in [0, 0.05) is 38.5 Å². The van der Waals surface area contributed by atoms with Crippen LogP contribution < -0.4 is 0 Å². The van der Waals surface area contributed by atoms with Crippen molar-refractivity contribution in [2.75, 3.05) is 26.2 Å². The first-order valence-electron chi connectivity index (χ1n) is 13.0. The number of benzene rings is 1. The third-order valence-electron chi connectivity index (χ3n) is 7.56. The van der Waals surface area contributed by atoms with E-state index in [1.165, 1.54) is 9.87 Å². The molecule has 11 heteroatoms. The lowest BCUT2D eigenvalue weighted by Crippen LogP contribution is -2.47. The van der Waals surface area contributed by atoms with Gasteiger partial charge in [0.2, 0.25) is 15.9 Å². The van der Waals surface area contributed by atoms with Gasteiger partial charge in [-0.3, -0.25) is 4.79 Å². The highest BCUT2D eigenvalue weighted by atomic mass is 32.2. The molecule has 1 atom stereocenters. The molecule has 0 spiro atoms. The Morgan fingerprint density at radius 2 is 1.84 bits per heavy atom. The van der Waals surface area contributed by atoms with Crippen molar-refractivity contribution in [1.82, 2.24) is 29.1 Å². The Kier molecular flexibility index (Phi) is 7.43. The number of aryl methyl sites for hydroxylation is 2. The van der Waals surface area contributed by atoms with E-state index in [2.05, 4.69) is 32.1 Å². The minimum Gasteiger partial charge on any atom is -0.360 e. The minimum absolute atomic E-state index is 0.143. The molecule has 0 aliphatic carbocycles. The zero-order chi connectivity index (χ0) is 26.0. The summed E-state index contributed by atoms with van der Waals surface area (Å²) in [5.41, 5.74) is 1.57. The van der Waals surface area contributed by atoms with Gasteiger partial charge in [-0.25, -0.2) is 8.42 Å². The van der Waals surface area contributed by atoms with E-state index in [-0.39, 0.29) is 16.7 Å². The van der Waals surface area contributed by atoms with Crippen LogP contribution in [0.4, 0.5) is 0 Å². The fourth-order valence-electron chi connectivity index (χ4n) is 5.61. The molecule has 0 saturated carbocycles. The quantitative estimate of drug-likeness (QED) is 0.465. The third-order valence-corrected chi connectivity index (χ3v) is 9.71. The van der Waals surface area contributed by atoms with Crippen LogP contribution in [0.5, 0.6) is 0 Å². The average molecular weight is 527 g/mol. The summed E-state index contributed by atoms with van der Waals surface area (Å²) in [6.45, 7) is 6.08. The van der Waals surface area contributed by atoms with Crippen LogP contribution >= 0.6 is 0 Å². The molecule has 2 saturated heterocycles. The number of piperidine rings is 2. The van der Waals surface area contributed by atoms with E-state index in [1.807, 2.05) is 23.1 Å². The molecule has 4 heterocycles. The summed E-state index contributed by atoms with van der Waals surface area (Å²) in [7, 11) is -3.68. The van der Waals surface area contributed by atoms with Crippen LogP contribution in [0.15, 0.2) is 46.1 Å². The lowest BCUT2D eigenvalue weighted by molar-refractivity contribution is -0.138. The number of amides is 1. The Bertz CT molecular complexity index is 1310. The number of likely N-dealkylation sites (tertiary alicyclic amines) is 1. The molecular weight excluding hydrogens is 492 g/mol. The normalized spacial score (nSPS) is 19.8. The van der Waals surface area contributed by atoms with Gasteiger partial charge in [0.05, 0.1) is 6.54 Å². The molecule has 1 amide bonds. The highest BCUT2D eigenvalue weighted by Gasteiger charge is 2.37. The Morgan fingerprint density at radius 3 is 2.54 bits per heavy atom. The summed E-state index contributed by atoms with van der Waals surface area (Å²) in [5.74, 6) is 1.56. The van der Waals surface area contributed by atoms with Crippen LogP contribution in [0.25, 0.3) is 0 Å². The van der Waals surface area contributed by atoms with E-state index in [0.717, 1.165) is 38.2 Å². The molecule has 37 heavy (non-hydrogen) atoms. The number of hydrogen-bond acceptors (Lipinski definition) is 7. The Labute approximate surface area is 217 Å². The molecule has 1 unspecified atom stereocenters. The topological polar surface area (TPSA) is 114 Å². The zero-order valence-electron chi connectivity index (χ0n) is 21.4. The molecule has 1 aromatic carbocycles. The van der Waals surface area contributed by atoms with Crippen LogP contribution in [0.1, 0.15) is 48.5 Å². The van der Waals surface area contributed by atoms with Crippen molar-refractivity contribution in [2.45, 2.75) is 57.4 Å². The highest BCUT2D eigenvalue weighted by Crippen LogP contribution is 2.30. The maximum absolute atomic E-state index is 13.4. The van der Waals surface area contributed by atoms with Crippen LogP contribution in [-0.2, 0) is 27.8 Å². The van der Waals surface area contributed by atoms with E-state index < -0.39 is 10.0 Å². The molecular formula is C26H34N6O4S. The third kappa shape index (κ3) is 5.47. The molecule has 198 valence electrons. The number of sulfonamides is 1. The van der Waals surface area contributed by atoms with Crippen molar-refractivity contribution < 1.29 is 17.7 Å². The van der Waals surface area contributed by atoms with E-state index in [4.69, 9.17) is 4.52 Å². The van der Waals surface area contributed by atoms with Crippen LogP contribution in [-0.4, -0.2) is 69.6 Å². The summed E-state index contributed by atoms with van der Waals surface area (Å²) in [6, 6.07) is 10.2. The Balaban J connectivity index is 1.17. The number of hydrogen-bond donors (Lipinski definition) is 0. The SMILES string of the molecule is Cc1noc(C)c1S(=O)(=O)N1CCC(C(=O)N2CCCC(Cc3nncn3Cc3ccccc3)C2)CC1. The maximum atomic E-state index is 13.4. The first kappa shape index (κ1) is 25.6. The second-order valence-corrected chi connectivity index (χ2v) is 12.1. The molecule has 10 nitrogen and oxygen atoms in total. The first-order valence-corrected chi connectivity index (χ1v) is 14.4. The van der Waals surface area contributed by atoms with Crippen molar-refractivity contribution in [2.24, 2.45) is 11.8 Å². The standard InChI is InChI=1S/C26H34N6O4S/c1-19-25(20(2)36-29-19)37(34,35)32-13-10-23(11-14-32)26(33)30-12-6-9-22(17-30)15-24-28-27-18-31(24)16-21-7-4-3-5-8-21/h3-5,7-8,18,22-23H,6,9-17H2,1-2H3. The van der Waals surface area contributed by atoms with Crippen molar-refractivity contribution >= 4 is 15.9 Å². The van der Waals surface area contributed by atoms with Gasteiger partial charge in [-0.15, -0.1) is 10.2 Å². The minimum atomic E-state index is -3.68. The lowest BCUT2D eigenvalue weighted by Gasteiger charge is -2.37. The second kappa shape index (κ2) is 10.7. The first-order chi connectivity index (χ1) is 17.8. The summed E-state index contributed by atoms with van der Waals surface area (Å²) >= 11 is 0. The molecule has 0 radical (unpaired) electrons. The van der Waals surface area contributed by atoms with E-state index in [1.54, 1.807) is 20.2 Å². The van der Waals surface area contributed by atoms with E-state index in [9.17, 15) is 13.2 Å². The number of carbonyl (C=O) groups excluding carboxylic acids is 1. The van der Waals surface area contributed by atoms with Crippen LogP contribution in [0.2, 0.25) is 0 Å². The van der Waals surface area contributed by atoms with E-state index in [0.29, 0.717) is 49.8 Å². The second-order valence-electron chi connectivity index (χ2n) is 10.2. The van der Waals surface area contributed by atoms with Gasteiger partial charge >= 0.3 is 0 Å². The average Bonchev–Trinajstić information content (AvgIpc) is 3.49. The Morgan fingerprint density at radius 1 is 1.08 bits per heavy atom. The van der Waals surface area contributed by atoms with Crippen molar-refractivity contribution in [1.29, 1.82) is 0 Å². The molecule has 2 fully saturated rings. The monoisotopic (exact) mass is 526 g/mol. The van der Waals surface area contributed by atoms with Gasteiger partial charge in [-0.1, -0.05) is 35.5 Å². The molecule has 2 aromatic heterocycles. The number of nitrogens with zero attached hydrogens (tertiary/aromatic N) is 6. The van der Waals surface area contributed by atoms with Crippen molar-refractivity contribution in [3.8, 4) is 0 Å². The van der Waals surface area contributed by atoms with Crippen LogP contribution in [0.3, 0.4) is 0 Å². The number of rotatable bonds is 7. The van der Waals surface area contributed by atoms with Crippen molar-refractivity contribution in [3.63, 3.8) is 0 Å². The van der Waals surface area contributed by atoms with Gasteiger partial charge in [0.1, 0.15) is 22.7 Å². The highest BCUT2D eigenvalue weighted by molar-refractivity contribution is 7.89. The van der Waals surface area contributed by atoms with Gasteiger partial charge in [-0.2, -0.15) is 4.31 Å². The Hall–Kier alpha value is -3.05. The maximum Gasteiger partial charge on any atom is 0.248 e. The fraction of sp³-hybridized carbons (Fsp3) is 0.538. The van der Waals surface area contributed by atoms with Gasteiger partial charge in [0.25, 0.3) is 0 Å². The molecule has 0 bridgehead atoms. The summed E-state index contributed by atoms with van der Waals surface area (Å²) in [5, 5.41) is 12.3. The fourth-order valence-corrected chi connectivity index (χ4v) is 7.37. The largest absolute Gasteiger partial charge is 0.360 e. The zero-order valence-corrected chi connectivity index (χ0v) is 22.2. The smallest absolute Gasteiger partial charge is 0.248 e. The summed E-state index contributed by atoms with van der Waals surface area (Å²) in [6.07, 6.45) is 5.61. The predicted octanol–water partition coefficient (Wildman–Crippen LogP) is 2.81. The number of aromatic nitrogens is 4. The van der Waals surface area contributed by atoms with Gasteiger partial charge in [0.15, 0.2) is 5.76 Å². The van der Waals surface area contributed by atoms with Gasteiger partial charge < -0.3 is 14.0 Å².